The molecule has 0 saturated carbocycles. The minimum Gasteiger partial charge on any atom is -0.497 e. The molecule has 112 valence electrons. The summed E-state index contributed by atoms with van der Waals surface area (Å²) >= 11 is 0. The SMILES string of the molecule is COc1ccc2c(c1)cc(-c1ccccc1)n2C(=O)N(C)C. The maximum absolute atomic E-state index is 12.6. The number of amides is 1. The van der Waals surface area contributed by atoms with Crippen molar-refractivity contribution in [1.82, 2.24) is 9.47 Å². The molecule has 4 nitrogen and oxygen atoms in total. The van der Waals surface area contributed by atoms with Crippen molar-refractivity contribution < 1.29 is 9.53 Å². The van der Waals surface area contributed by atoms with Crippen LogP contribution in [0.4, 0.5) is 4.79 Å². The molecular weight excluding hydrogens is 276 g/mol. The van der Waals surface area contributed by atoms with Crippen LogP contribution in [0.5, 0.6) is 5.75 Å². The molecule has 4 heteroatoms. The molecule has 1 amide bonds. The van der Waals surface area contributed by atoms with Gasteiger partial charge in [0.1, 0.15) is 5.75 Å². The van der Waals surface area contributed by atoms with Crippen LogP contribution in [-0.2, 0) is 0 Å². The van der Waals surface area contributed by atoms with Crippen molar-refractivity contribution in [1.29, 1.82) is 0 Å². The summed E-state index contributed by atoms with van der Waals surface area (Å²) in [7, 11) is 5.15. The summed E-state index contributed by atoms with van der Waals surface area (Å²) in [6.45, 7) is 0. The Kier molecular flexibility index (Phi) is 3.59. The fourth-order valence-corrected chi connectivity index (χ4v) is 2.55. The van der Waals surface area contributed by atoms with Crippen LogP contribution in [0.15, 0.2) is 54.6 Å². The Hall–Kier alpha value is -2.75. The van der Waals surface area contributed by atoms with Crippen molar-refractivity contribution in [2.75, 3.05) is 21.2 Å². The van der Waals surface area contributed by atoms with Crippen LogP contribution < -0.4 is 4.74 Å². The monoisotopic (exact) mass is 294 g/mol. The van der Waals surface area contributed by atoms with Gasteiger partial charge in [-0.25, -0.2) is 4.79 Å². The van der Waals surface area contributed by atoms with Gasteiger partial charge in [-0.3, -0.25) is 4.57 Å². The Balaban J connectivity index is 2.30. The lowest BCUT2D eigenvalue weighted by Gasteiger charge is -2.15. The van der Waals surface area contributed by atoms with Crippen molar-refractivity contribution >= 4 is 16.9 Å². The Bertz CT molecular complexity index is 820. The summed E-state index contributed by atoms with van der Waals surface area (Å²) in [5.74, 6) is 0.779. The first-order valence-electron chi connectivity index (χ1n) is 7.08. The summed E-state index contributed by atoms with van der Waals surface area (Å²) in [5, 5.41) is 0.980. The predicted octanol–water partition coefficient (Wildman–Crippen LogP) is 3.85. The van der Waals surface area contributed by atoms with Crippen LogP contribution in [0.2, 0.25) is 0 Å². The Morgan fingerprint density at radius 2 is 1.77 bits per heavy atom. The third-order valence-electron chi connectivity index (χ3n) is 3.65. The molecule has 2 aromatic carbocycles. The summed E-state index contributed by atoms with van der Waals surface area (Å²) in [4.78, 5) is 14.2. The molecule has 0 radical (unpaired) electrons. The third kappa shape index (κ3) is 2.33. The van der Waals surface area contributed by atoms with Gasteiger partial charge >= 0.3 is 6.03 Å². The van der Waals surface area contributed by atoms with E-state index in [1.54, 1.807) is 30.7 Å². The second-order valence-corrected chi connectivity index (χ2v) is 5.33. The maximum atomic E-state index is 12.6. The molecule has 0 aliphatic carbocycles. The lowest BCUT2D eigenvalue weighted by Crippen LogP contribution is -2.27. The molecule has 0 unspecified atom stereocenters. The minimum atomic E-state index is -0.0704. The average molecular weight is 294 g/mol. The van der Waals surface area contributed by atoms with E-state index in [1.807, 2.05) is 54.6 Å². The van der Waals surface area contributed by atoms with Crippen LogP contribution in [0.25, 0.3) is 22.2 Å². The van der Waals surface area contributed by atoms with E-state index in [2.05, 4.69) is 0 Å². The summed E-state index contributed by atoms with van der Waals surface area (Å²) in [6.07, 6.45) is 0. The minimum absolute atomic E-state index is 0.0704. The quantitative estimate of drug-likeness (QED) is 0.719. The zero-order chi connectivity index (χ0) is 15.7. The van der Waals surface area contributed by atoms with E-state index >= 15 is 0 Å². The summed E-state index contributed by atoms with van der Waals surface area (Å²) in [6, 6.07) is 17.6. The smallest absolute Gasteiger partial charge is 0.328 e. The second-order valence-electron chi connectivity index (χ2n) is 5.33. The van der Waals surface area contributed by atoms with E-state index in [0.717, 1.165) is 27.9 Å². The van der Waals surface area contributed by atoms with Gasteiger partial charge in [-0.2, -0.15) is 0 Å². The van der Waals surface area contributed by atoms with Crippen LogP contribution in [0.3, 0.4) is 0 Å². The number of hydrogen-bond donors (Lipinski definition) is 0. The van der Waals surface area contributed by atoms with E-state index < -0.39 is 0 Å². The zero-order valence-corrected chi connectivity index (χ0v) is 12.9. The number of nitrogens with zero attached hydrogens (tertiary/aromatic N) is 2. The molecule has 0 N–H and O–H groups in total. The standard InChI is InChI=1S/C18H18N2O2/c1-19(2)18(21)20-16-10-9-15(22-3)11-14(16)12-17(20)13-7-5-4-6-8-13/h4-12H,1-3H3. The van der Waals surface area contributed by atoms with Gasteiger partial charge < -0.3 is 9.64 Å². The van der Waals surface area contributed by atoms with Crippen molar-refractivity contribution in [3.05, 3.63) is 54.6 Å². The van der Waals surface area contributed by atoms with Gasteiger partial charge in [0, 0.05) is 19.5 Å². The van der Waals surface area contributed by atoms with E-state index in [9.17, 15) is 4.79 Å². The number of rotatable bonds is 2. The normalized spacial score (nSPS) is 10.7. The number of carbonyl (C=O) groups excluding carboxylic acids is 1. The van der Waals surface area contributed by atoms with Gasteiger partial charge in [0.25, 0.3) is 0 Å². The Labute approximate surface area is 129 Å². The molecule has 0 spiro atoms. The fraction of sp³-hybridized carbons (Fsp3) is 0.167. The molecule has 0 saturated heterocycles. The highest BCUT2D eigenvalue weighted by Crippen LogP contribution is 2.30. The first kappa shape index (κ1) is 14.2. The fourth-order valence-electron chi connectivity index (χ4n) is 2.55. The van der Waals surface area contributed by atoms with Crippen molar-refractivity contribution in [3.8, 4) is 17.0 Å². The third-order valence-corrected chi connectivity index (χ3v) is 3.65. The molecule has 3 rings (SSSR count). The maximum Gasteiger partial charge on any atom is 0.328 e. The first-order chi connectivity index (χ1) is 10.6. The largest absolute Gasteiger partial charge is 0.497 e. The molecule has 1 aromatic heterocycles. The Morgan fingerprint density at radius 1 is 1.05 bits per heavy atom. The molecular formula is C18H18N2O2. The number of hydrogen-bond acceptors (Lipinski definition) is 2. The van der Waals surface area contributed by atoms with Gasteiger partial charge in [0.05, 0.1) is 18.3 Å². The van der Waals surface area contributed by atoms with Crippen LogP contribution in [-0.4, -0.2) is 36.7 Å². The van der Waals surface area contributed by atoms with Crippen molar-refractivity contribution in [2.24, 2.45) is 0 Å². The highest BCUT2D eigenvalue weighted by molar-refractivity contribution is 5.98. The number of ether oxygens (including phenoxy) is 1. The van der Waals surface area contributed by atoms with Gasteiger partial charge in [0.2, 0.25) is 0 Å². The van der Waals surface area contributed by atoms with E-state index in [1.165, 1.54) is 0 Å². The molecule has 0 fully saturated rings. The van der Waals surface area contributed by atoms with Crippen LogP contribution >= 0.6 is 0 Å². The summed E-state index contributed by atoms with van der Waals surface area (Å²) < 4.78 is 7.02. The number of benzene rings is 2. The topological polar surface area (TPSA) is 34.5 Å². The highest BCUT2D eigenvalue weighted by Gasteiger charge is 2.18. The van der Waals surface area contributed by atoms with Gasteiger partial charge in [-0.15, -0.1) is 0 Å². The van der Waals surface area contributed by atoms with Gasteiger partial charge in [-0.1, -0.05) is 30.3 Å². The molecule has 22 heavy (non-hydrogen) atoms. The van der Waals surface area contributed by atoms with Gasteiger partial charge in [0.15, 0.2) is 0 Å². The molecule has 1 heterocycles. The highest BCUT2D eigenvalue weighted by atomic mass is 16.5. The average Bonchev–Trinajstić information content (AvgIpc) is 2.93. The lowest BCUT2D eigenvalue weighted by atomic mass is 10.1. The number of aromatic nitrogens is 1. The first-order valence-corrected chi connectivity index (χ1v) is 7.08. The van der Waals surface area contributed by atoms with Gasteiger partial charge in [-0.05, 0) is 29.8 Å². The number of carbonyl (C=O) groups is 1. The van der Waals surface area contributed by atoms with E-state index in [0.29, 0.717) is 0 Å². The lowest BCUT2D eigenvalue weighted by molar-refractivity contribution is 0.220. The van der Waals surface area contributed by atoms with Crippen LogP contribution in [0, 0.1) is 0 Å². The summed E-state index contributed by atoms with van der Waals surface area (Å²) in [5.41, 5.74) is 2.76. The molecule has 0 atom stereocenters. The van der Waals surface area contributed by atoms with Crippen molar-refractivity contribution in [2.45, 2.75) is 0 Å². The molecule has 0 bridgehead atoms. The zero-order valence-electron chi connectivity index (χ0n) is 12.9. The Morgan fingerprint density at radius 3 is 2.41 bits per heavy atom. The van der Waals surface area contributed by atoms with Crippen LogP contribution in [0.1, 0.15) is 0 Å². The molecule has 3 aromatic rings. The number of fused-ring (bicyclic) bond motifs is 1. The van der Waals surface area contributed by atoms with Crippen molar-refractivity contribution in [3.63, 3.8) is 0 Å². The van der Waals surface area contributed by atoms with E-state index in [-0.39, 0.29) is 6.03 Å². The molecule has 0 aliphatic rings. The predicted molar refractivity (Wildman–Crippen MR) is 88.4 cm³/mol. The number of methoxy groups -OCH3 is 1. The molecule has 0 aliphatic heterocycles. The second kappa shape index (κ2) is 5.56. The van der Waals surface area contributed by atoms with E-state index in [4.69, 9.17) is 4.74 Å².